The van der Waals surface area contributed by atoms with Crippen molar-refractivity contribution >= 4 is 76.8 Å². The molecule has 0 spiro atoms. The Bertz CT molecular complexity index is 1310. The van der Waals surface area contributed by atoms with E-state index in [1.165, 1.54) is 30.5 Å². The van der Waals surface area contributed by atoms with E-state index in [0.29, 0.717) is 19.5 Å². The predicted octanol–water partition coefficient (Wildman–Crippen LogP) is 5.73. The van der Waals surface area contributed by atoms with E-state index >= 15 is 0 Å². The summed E-state index contributed by atoms with van der Waals surface area (Å²) < 4.78 is 28.5. The molecule has 0 aromatic heterocycles. The fourth-order valence-corrected chi connectivity index (χ4v) is 5.01. The average molecular weight is 605 g/mol. The Balaban J connectivity index is 1.85. The van der Waals surface area contributed by atoms with Gasteiger partial charge in [0.05, 0.1) is 30.7 Å². The molecular weight excluding hydrogens is 592 g/mol. The summed E-state index contributed by atoms with van der Waals surface area (Å²) >= 11 is 12.3. The monoisotopic (exact) mass is 602 g/mol. The van der Waals surface area contributed by atoms with Crippen LogP contribution in [0.25, 0.3) is 0 Å². The first-order chi connectivity index (χ1) is 15.1. The molecule has 0 amide bonds. The van der Waals surface area contributed by atoms with Gasteiger partial charge in [0, 0.05) is 11.1 Å². The molecule has 3 rings (SSSR count). The molecule has 9 nitrogen and oxygen atoms in total. The second kappa shape index (κ2) is 9.86. The second-order valence-corrected chi connectivity index (χ2v) is 10.1. The summed E-state index contributed by atoms with van der Waals surface area (Å²) in [4.78, 5) is 10.5. The molecule has 0 atom stereocenters. The topological polar surface area (TPSA) is 134 Å². The van der Waals surface area contributed by atoms with Crippen LogP contribution in [0.5, 0.6) is 5.75 Å². The fraction of sp³-hybridized carbons (Fsp3) is 0. The number of phenolic OH excluding ortho intramolecular Hbond substituents is 1. The van der Waals surface area contributed by atoms with E-state index < -0.39 is 20.6 Å². The largest absolute Gasteiger partial charge is 0.506 e. The van der Waals surface area contributed by atoms with Gasteiger partial charge in [-0.3, -0.25) is 20.3 Å². The molecule has 3 aromatic carbocycles. The molecule has 13 heteroatoms. The maximum absolute atomic E-state index is 12.6. The normalized spacial score (nSPS) is 11.5. The molecule has 32 heavy (non-hydrogen) atoms. The van der Waals surface area contributed by atoms with E-state index in [-0.39, 0.29) is 22.0 Å². The molecular formula is C19H13Br2ClN4O5S. The van der Waals surface area contributed by atoms with Crippen molar-refractivity contribution < 1.29 is 18.4 Å². The van der Waals surface area contributed by atoms with Crippen LogP contribution in [0, 0.1) is 10.1 Å². The Morgan fingerprint density at radius 3 is 2.41 bits per heavy atom. The molecule has 0 bridgehead atoms. The highest BCUT2D eigenvalue weighted by atomic mass is 79.9. The number of nitro benzene ring substituents is 1. The number of rotatable bonds is 7. The summed E-state index contributed by atoms with van der Waals surface area (Å²) in [6.45, 7) is 0. The molecule has 0 saturated heterocycles. The van der Waals surface area contributed by atoms with Crippen LogP contribution >= 0.6 is 43.5 Å². The van der Waals surface area contributed by atoms with Crippen LogP contribution in [-0.4, -0.2) is 24.7 Å². The lowest BCUT2D eigenvalue weighted by molar-refractivity contribution is -0.384. The fourth-order valence-electron chi connectivity index (χ4n) is 2.53. The smallest absolute Gasteiger partial charge is 0.295 e. The number of benzene rings is 3. The molecule has 166 valence electrons. The molecule has 0 aliphatic rings. The van der Waals surface area contributed by atoms with Gasteiger partial charge in [-0.25, -0.2) is 8.42 Å². The lowest BCUT2D eigenvalue weighted by Gasteiger charge is -2.09. The van der Waals surface area contributed by atoms with Gasteiger partial charge in [-0.1, -0.05) is 17.7 Å². The average Bonchev–Trinajstić information content (AvgIpc) is 2.71. The maximum atomic E-state index is 12.6. The standard InChI is InChI=1S/C19H13Br2ClN4O5S/c20-15-6-11(7-16(21)19(15)27)10-23-24-17-5-4-14(9-18(17)26(28)29)32(30,31)25-13-3-1-2-12(22)8-13/h1-10,24-25,27H. The number of nitrogens with one attached hydrogen (secondary N) is 2. The van der Waals surface area contributed by atoms with Gasteiger partial charge in [-0.2, -0.15) is 5.10 Å². The number of hydrogen-bond acceptors (Lipinski definition) is 7. The Morgan fingerprint density at radius 2 is 1.78 bits per heavy atom. The SMILES string of the molecule is O=[N+]([O-])c1cc(S(=O)(=O)Nc2cccc(Cl)c2)ccc1NN=Cc1cc(Br)c(O)c(Br)c1. The first kappa shape index (κ1) is 24.0. The van der Waals surface area contributed by atoms with Crippen LogP contribution in [0.3, 0.4) is 0 Å². The number of phenols is 1. The van der Waals surface area contributed by atoms with Crippen LogP contribution < -0.4 is 10.1 Å². The summed E-state index contributed by atoms with van der Waals surface area (Å²) in [6.07, 6.45) is 1.38. The Morgan fingerprint density at radius 1 is 1.09 bits per heavy atom. The number of sulfonamides is 1. The van der Waals surface area contributed by atoms with Gasteiger partial charge in [0.15, 0.2) is 0 Å². The van der Waals surface area contributed by atoms with E-state index in [0.717, 1.165) is 6.07 Å². The highest BCUT2D eigenvalue weighted by Gasteiger charge is 2.21. The summed E-state index contributed by atoms with van der Waals surface area (Å²) in [7, 11) is -4.09. The van der Waals surface area contributed by atoms with Crippen LogP contribution in [0.2, 0.25) is 5.02 Å². The Kier molecular flexibility index (Phi) is 7.39. The van der Waals surface area contributed by atoms with Crippen molar-refractivity contribution in [3.05, 3.63) is 84.2 Å². The minimum Gasteiger partial charge on any atom is -0.506 e. The van der Waals surface area contributed by atoms with Crippen LogP contribution in [0.1, 0.15) is 5.56 Å². The van der Waals surface area contributed by atoms with Gasteiger partial charge in [0.1, 0.15) is 11.4 Å². The summed E-state index contributed by atoms with van der Waals surface area (Å²) in [6, 6.07) is 12.6. The van der Waals surface area contributed by atoms with Crippen LogP contribution in [0.15, 0.2) is 73.5 Å². The number of halogens is 3. The van der Waals surface area contributed by atoms with Crippen molar-refractivity contribution in [2.24, 2.45) is 5.10 Å². The van der Waals surface area contributed by atoms with Crippen molar-refractivity contribution in [3.8, 4) is 5.75 Å². The third-order valence-corrected chi connectivity index (χ3v) is 6.81. The number of anilines is 2. The maximum Gasteiger partial charge on any atom is 0.295 e. The van der Waals surface area contributed by atoms with Gasteiger partial charge in [0.25, 0.3) is 15.7 Å². The van der Waals surface area contributed by atoms with E-state index in [1.54, 1.807) is 24.3 Å². The van der Waals surface area contributed by atoms with E-state index in [2.05, 4.69) is 47.1 Å². The molecule has 0 aliphatic carbocycles. The van der Waals surface area contributed by atoms with Crippen molar-refractivity contribution in [3.63, 3.8) is 0 Å². The molecule has 3 N–H and O–H groups in total. The van der Waals surface area contributed by atoms with Crippen LogP contribution in [0.4, 0.5) is 17.1 Å². The third-order valence-electron chi connectivity index (χ3n) is 3.99. The van der Waals surface area contributed by atoms with Crippen LogP contribution in [-0.2, 0) is 10.0 Å². The molecule has 3 aromatic rings. The third kappa shape index (κ3) is 5.76. The summed E-state index contributed by atoms with van der Waals surface area (Å²) in [5.74, 6) is 0.0222. The lowest BCUT2D eigenvalue weighted by atomic mass is 10.2. The van der Waals surface area contributed by atoms with Gasteiger partial charge in [0.2, 0.25) is 0 Å². The van der Waals surface area contributed by atoms with Crippen molar-refractivity contribution in [1.29, 1.82) is 0 Å². The molecule has 0 fully saturated rings. The zero-order chi connectivity index (χ0) is 23.5. The first-order valence-electron chi connectivity index (χ1n) is 8.61. The van der Waals surface area contributed by atoms with Crippen molar-refractivity contribution in [2.45, 2.75) is 4.90 Å². The summed E-state index contributed by atoms with van der Waals surface area (Å²) in [5, 5.41) is 25.5. The zero-order valence-electron chi connectivity index (χ0n) is 15.8. The quantitative estimate of drug-likeness (QED) is 0.179. The van der Waals surface area contributed by atoms with Crippen molar-refractivity contribution in [1.82, 2.24) is 0 Å². The second-order valence-electron chi connectivity index (χ2n) is 6.26. The number of hydrogen-bond donors (Lipinski definition) is 3. The van der Waals surface area contributed by atoms with E-state index in [9.17, 15) is 23.6 Å². The van der Waals surface area contributed by atoms with Gasteiger partial charge in [-0.05, 0) is 79.9 Å². The van der Waals surface area contributed by atoms with E-state index in [4.69, 9.17) is 11.6 Å². The number of nitrogens with zero attached hydrogens (tertiary/aromatic N) is 2. The van der Waals surface area contributed by atoms with Crippen molar-refractivity contribution in [2.75, 3.05) is 10.1 Å². The molecule has 0 radical (unpaired) electrons. The zero-order valence-corrected chi connectivity index (χ0v) is 20.5. The van der Waals surface area contributed by atoms with Gasteiger partial charge in [-0.15, -0.1) is 0 Å². The molecule has 0 unspecified atom stereocenters. The minimum atomic E-state index is -4.09. The molecule has 0 saturated carbocycles. The molecule has 0 aliphatic heterocycles. The van der Waals surface area contributed by atoms with Gasteiger partial charge >= 0.3 is 0 Å². The number of hydrazone groups is 1. The van der Waals surface area contributed by atoms with E-state index in [1.807, 2.05) is 0 Å². The molecule has 0 heterocycles. The summed E-state index contributed by atoms with van der Waals surface area (Å²) in [5.41, 5.74) is 2.85. The predicted molar refractivity (Wildman–Crippen MR) is 130 cm³/mol. The lowest BCUT2D eigenvalue weighted by Crippen LogP contribution is -2.13. The number of nitro groups is 1. The van der Waals surface area contributed by atoms with Gasteiger partial charge < -0.3 is 5.11 Å². The minimum absolute atomic E-state index is 0.00938. The Hall–Kier alpha value is -2.67. The first-order valence-corrected chi connectivity index (χ1v) is 12.1. The Labute approximate surface area is 204 Å². The highest BCUT2D eigenvalue weighted by molar-refractivity contribution is 9.11. The number of aromatic hydroxyl groups is 1. The highest BCUT2D eigenvalue weighted by Crippen LogP contribution is 2.33.